The largest absolute Gasteiger partial charge is 0.481 e. The van der Waals surface area contributed by atoms with Crippen molar-refractivity contribution >= 4 is 11.8 Å². The molecule has 0 heterocycles. The number of halogens is 1. The first-order valence-electron chi connectivity index (χ1n) is 8.63. The molecule has 132 valence electrons. The van der Waals surface area contributed by atoms with Crippen LogP contribution in [-0.2, 0) is 9.59 Å². The number of allylic oxidation sites excluding steroid dienone is 8. The van der Waals surface area contributed by atoms with Gasteiger partial charge in [0, 0.05) is 17.9 Å². The van der Waals surface area contributed by atoms with Gasteiger partial charge in [-0.1, -0.05) is 43.4 Å². The van der Waals surface area contributed by atoms with Gasteiger partial charge in [0.05, 0.1) is 0 Å². The third-order valence-electron chi connectivity index (χ3n) is 3.87. The zero-order valence-electron chi connectivity index (χ0n) is 14.3. The van der Waals surface area contributed by atoms with Crippen molar-refractivity contribution in [2.24, 2.45) is 5.92 Å². The van der Waals surface area contributed by atoms with E-state index >= 15 is 0 Å². The molecule has 0 saturated heterocycles. The van der Waals surface area contributed by atoms with E-state index in [9.17, 15) is 14.0 Å². The predicted octanol–water partition coefficient (Wildman–Crippen LogP) is 4.95. The molecule has 2 atom stereocenters. The average molecular weight is 334 g/mol. The first-order valence-corrected chi connectivity index (χ1v) is 8.63. The molecular formula is C20H27FO3. The van der Waals surface area contributed by atoms with E-state index in [1.165, 1.54) is 0 Å². The van der Waals surface area contributed by atoms with Gasteiger partial charge in [0.15, 0.2) is 5.78 Å². The summed E-state index contributed by atoms with van der Waals surface area (Å²) in [5, 5.41) is 8.57. The van der Waals surface area contributed by atoms with Crippen molar-refractivity contribution in [1.29, 1.82) is 0 Å². The Labute approximate surface area is 143 Å². The second-order valence-corrected chi connectivity index (χ2v) is 5.93. The lowest BCUT2D eigenvalue weighted by atomic mass is 9.96. The highest BCUT2D eigenvalue weighted by Gasteiger charge is 2.21. The van der Waals surface area contributed by atoms with Crippen LogP contribution in [0, 0.1) is 5.92 Å². The van der Waals surface area contributed by atoms with Crippen LogP contribution < -0.4 is 0 Å². The molecule has 1 rings (SSSR count). The molecule has 1 N–H and O–H groups in total. The van der Waals surface area contributed by atoms with Crippen molar-refractivity contribution in [3.05, 3.63) is 48.1 Å². The second kappa shape index (κ2) is 11.5. The maximum atomic E-state index is 13.8. The van der Waals surface area contributed by atoms with Gasteiger partial charge in [-0.2, -0.15) is 0 Å². The topological polar surface area (TPSA) is 54.4 Å². The van der Waals surface area contributed by atoms with E-state index in [4.69, 9.17) is 5.11 Å². The van der Waals surface area contributed by atoms with Gasteiger partial charge in [-0.3, -0.25) is 9.59 Å². The fourth-order valence-corrected chi connectivity index (χ4v) is 2.54. The Kier molecular flexibility index (Phi) is 9.66. The maximum absolute atomic E-state index is 13.8. The minimum absolute atomic E-state index is 0.00612. The summed E-state index contributed by atoms with van der Waals surface area (Å²) >= 11 is 0. The molecule has 0 spiro atoms. The van der Waals surface area contributed by atoms with Gasteiger partial charge in [0.2, 0.25) is 0 Å². The minimum atomic E-state index is -0.957. The monoisotopic (exact) mass is 334 g/mol. The highest BCUT2D eigenvalue weighted by molar-refractivity contribution is 6.07. The van der Waals surface area contributed by atoms with E-state index < -0.39 is 12.1 Å². The number of aliphatic carboxylic acids is 1. The Morgan fingerprint density at radius 1 is 1.29 bits per heavy atom. The molecule has 0 amide bonds. The summed E-state index contributed by atoms with van der Waals surface area (Å²) in [5.74, 6) is -0.810. The fraction of sp³-hybridized carbons (Fsp3) is 0.500. The SMILES string of the molecule is CCC=CCC(F)CC=C1C(=O)C=CC1CC=CCCCC(=O)O. The summed E-state index contributed by atoms with van der Waals surface area (Å²) in [6.45, 7) is 2.01. The van der Waals surface area contributed by atoms with Crippen molar-refractivity contribution in [1.82, 2.24) is 0 Å². The number of hydrogen-bond donors (Lipinski definition) is 1. The van der Waals surface area contributed by atoms with Gasteiger partial charge < -0.3 is 5.11 Å². The summed E-state index contributed by atoms with van der Waals surface area (Å²) in [7, 11) is 0. The zero-order chi connectivity index (χ0) is 17.8. The first kappa shape index (κ1) is 20.1. The Hall–Kier alpha value is -1.97. The number of carboxylic acid groups (broad SMARTS) is 1. The van der Waals surface area contributed by atoms with E-state index in [1.54, 1.807) is 12.2 Å². The second-order valence-electron chi connectivity index (χ2n) is 5.93. The van der Waals surface area contributed by atoms with Crippen LogP contribution in [-0.4, -0.2) is 23.0 Å². The summed E-state index contributed by atoms with van der Waals surface area (Å²) < 4.78 is 13.8. The Balaban J connectivity index is 2.43. The molecule has 0 aromatic heterocycles. The number of rotatable bonds is 11. The van der Waals surface area contributed by atoms with Crippen molar-refractivity contribution in [2.75, 3.05) is 0 Å². The highest BCUT2D eigenvalue weighted by Crippen LogP contribution is 2.26. The number of carboxylic acids is 1. The zero-order valence-corrected chi connectivity index (χ0v) is 14.3. The molecular weight excluding hydrogens is 307 g/mol. The van der Waals surface area contributed by atoms with Crippen molar-refractivity contribution in [3.63, 3.8) is 0 Å². The summed E-state index contributed by atoms with van der Waals surface area (Å²) in [6, 6.07) is 0. The van der Waals surface area contributed by atoms with E-state index in [0.717, 1.165) is 6.42 Å². The van der Waals surface area contributed by atoms with Gasteiger partial charge in [-0.15, -0.1) is 0 Å². The van der Waals surface area contributed by atoms with Crippen LogP contribution in [0.2, 0.25) is 0 Å². The number of carbonyl (C=O) groups excluding carboxylic acids is 1. The number of ketones is 1. The number of hydrogen-bond acceptors (Lipinski definition) is 2. The van der Waals surface area contributed by atoms with Crippen LogP contribution in [0.5, 0.6) is 0 Å². The molecule has 1 aliphatic carbocycles. The molecule has 0 radical (unpaired) electrons. The maximum Gasteiger partial charge on any atom is 0.303 e. The fourth-order valence-electron chi connectivity index (χ4n) is 2.54. The van der Waals surface area contributed by atoms with Gasteiger partial charge in [-0.05, 0) is 44.6 Å². The van der Waals surface area contributed by atoms with Crippen LogP contribution in [0.25, 0.3) is 0 Å². The van der Waals surface area contributed by atoms with Crippen LogP contribution in [0.15, 0.2) is 48.1 Å². The van der Waals surface area contributed by atoms with Crippen LogP contribution in [0.3, 0.4) is 0 Å². The molecule has 0 bridgehead atoms. The average Bonchev–Trinajstić information content (AvgIpc) is 2.89. The quantitative estimate of drug-likeness (QED) is 0.330. The molecule has 4 heteroatoms. The van der Waals surface area contributed by atoms with E-state index in [1.807, 2.05) is 37.3 Å². The predicted molar refractivity (Wildman–Crippen MR) is 94.5 cm³/mol. The Morgan fingerprint density at radius 2 is 2.08 bits per heavy atom. The van der Waals surface area contributed by atoms with Crippen molar-refractivity contribution < 1.29 is 19.1 Å². The lowest BCUT2D eigenvalue weighted by molar-refractivity contribution is -0.137. The molecule has 0 fully saturated rings. The van der Waals surface area contributed by atoms with Gasteiger partial charge in [-0.25, -0.2) is 4.39 Å². The van der Waals surface area contributed by atoms with Crippen molar-refractivity contribution in [3.8, 4) is 0 Å². The molecule has 0 aromatic carbocycles. The van der Waals surface area contributed by atoms with E-state index in [2.05, 4.69) is 0 Å². The summed E-state index contributed by atoms with van der Waals surface area (Å²) in [5.41, 5.74) is 0.673. The molecule has 1 aliphatic rings. The standard InChI is InChI=1S/C20H27FO3/c1-2-3-6-10-17(21)13-14-18-16(12-15-19(18)22)9-7-4-5-8-11-20(23)24/h3-4,6-7,12,14-17H,2,5,8-11,13H2,1H3,(H,23,24). The number of carbonyl (C=O) groups is 2. The van der Waals surface area contributed by atoms with Crippen molar-refractivity contribution in [2.45, 2.75) is 58.0 Å². The smallest absolute Gasteiger partial charge is 0.303 e. The normalized spacial score (nSPS) is 20.7. The van der Waals surface area contributed by atoms with Gasteiger partial charge in [0.1, 0.15) is 6.17 Å². The van der Waals surface area contributed by atoms with Gasteiger partial charge >= 0.3 is 5.97 Å². The molecule has 2 unspecified atom stereocenters. The molecule has 3 nitrogen and oxygen atoms in total. The minimum Gasteiger partial charge on any atom is -0.481 e. The van der Waals surface area contributed by atoms with E-state index in [0.29, 0.717) is 31.3 Å². The summed E-state index contributed by atoms with van der Waals surface area (Å²) in [6.07, 6.45) is 15.6. The third kappa shape index (κ3) is 8.04. The molecule has 0 aliphatic heterocycles. The van der Waals surface area contributed by atoms with E-state index in [-0.39, 0.29) is 24.5 Å². The number of unbranched alkanes of at least 4 members (excludes halogenated alkanes) is 1. The Morgan fingerprint density at radius 3 is 2.79 bits per heavy atom. The first-order chi connectivity index (χ1) is 11.5. The van der Waals surface area contributed by atoms with Crippen LogP contribution in [0.1, 0.15) is 51.9 Å². The molecule has 24 heavy (non-hydrogen) atoms. The lowest BCUT2D eigenvalue weighted by Crippen LogP contribution is -2.04. The Bertz CT molecular complexity index is 529. The number of alkyl halides is 1. The lowest BCUT2D eigenvalue weighted by Gasteiger charge is -2.09. The third-order valence-corrected chi connectivity index (χ3v) is 3.87. The molecule has 0 saturated carbocycles. The summed E-state index contributed by atoms with van der Waals surface area (Å²) in [4.78, 5) is 22.3. The molecule has 0 aromatic rings. The van der Waals surface area contributed by atoms with Crippen LogP contribution in [0.4, 0.5) is 4.39 Å². The van der Waals surface area contributed by atoms with Crippen LogP contribution >= 0.6 is 0 Å². The van der Waals surface area contributed by atoms with Gasteiger partial charge in [0.25, 0.3) is 0 Å². The highest BCUT2D eigenvalue weighted by atomic mass is 19.1.